The van der Waals surface area contributed by atoms with Gasteiger partial charge in [0.2, 0.25) is 5.91 Å². The minimum absolute atomic E-state index is 0.00847. The zero-order chi connectivity index (χ0) is 11.8. The summed E-state index contributed by atoms with van der Waals surface area (Å²) in [6.07, 6.45) is 6.26. The molecule has 17 heavy (non-hydrogen) atoms. The van der Waals surface area contributed by atoms with E-state index in [0.29, 0.717) is 12.5 Å². The smallest absolute Gasteiger partial charge is 0.237 e. The fourth-order valence-corrected chi connectivity index (χ4v) is 3.54. The first kappa shape index (κ1) is 11.5. The number of halogens is 1. The van der Waals surface area contributed by atoms with Crippen LogP contribution in [-0.4, -0.2) is 41.6 Å². The number of nitrogens with one attached hydrogen (secondary N) is 1. The van der Waals surface area contributed by atoms with E-state index in [1.807, 2.05) is 0 Å². The van der Waals surface area contributed by atoms with Crippen LogP contribution in [0.5, 0.6) is 0 Å². The van der Waals surface area contributed by atoms with Crippen LogP contribution in [0.15, 0.2) is 0 Å². The van der Waals surface area contributed by atoms with Crippen molar-refractivity contribution < 1.29 is 9.18 Å². The molecule has 0 aromatic carbocycles. The lowest BCUT2D eigenvalue weighted by atomic mass is 9.88. The van der Waals surface area contributed by atoms with Crippen LogP contribution in [0.3, 0.4) is 0 Å². The average Bonchev–Trinajstić information content (AvgIpc) is 2.81. The summed E-state index contributed by atoms with van der Waals surface area (Å²) in [6.45, 7) is 0.760. The molecule has 1 amide bonds. The molecule has 1 N–H and O–H groups in total. The molecule has 4 heteroatoms. The molecular weight excluding hydrogens is 219 g/mol. The van der Waals surface area contributed by atoms with Crippen LogP contribution in [0.2, 0.25) is 0 Å². The Bertz CT molecular complexity index is 306. The van der Waals surface area contributed by atoms with Crippen LogP contribution in [-0.2, 0) is 4.79 Å². The molecule has 0 bridgehead atoms. The van der Waals surface area contributed by atoms with Crippen molar-refractivity contribution in [3.63, 3.8) is 0 Å². The minimum Gasteiger partial charge on any atom is -0.355 e. The Morgan fingerprint density at radius 2 is 1.88 bits per heavy atom. The highest BCUT2D eigenvalue weighted by molar-refractivity contribution is 5.83. The molecule has 1 unspecified atom stereocenters. The molecule has 0 spiro atoms. The zero-order valence-electron chi connectivity index (χ0n) is 10.2. The van der Waals surface area contributed by atoms with E-state index in [2.05, 4.69) is 10.2 Å². The first-order valence-electron chi connectivity index (χ1n) is 6.96. The largest absolute Gasteiger partial charge is 0.355 e. The second-order valence-electron chi connectivity index (χ2n) is 5.64. The molecule has 2 aliphatic carbocycles. The van der Waals surface area contributed by atoms with Crippen LogP contribution in [0.4, 0.5) is 4.39 Å². The predicted molar refractivity (Wildman–Crippen MR) is 63.4 cm³/mol. The van der Waals surface area contributed by atoms with Gasteiger partial charge < -0.3 is 5.32 Å². The molecule has 96 valence electrons. The van der Waals surface area contributed by atoms with Gasteiger partial charge in [-0.3, -0.25) is 9.69 Å². The van der Waals surface area contributed by atoms with Crippen molar-refractivity contribution in [2.45, 2.75) is 69.2 Å². The molecule has 3 aliphatic rings. The van der Waals surface area contributed by atoms with Crippen molar-refractivity contribution in [3.05, 3.63) is 0 Å². The normalized spacial score (nSPS) is 38.5. The minimum atomic E-state index is -0.719. The van der Waals surface area contributed by atoms with Crippen LogP contribution >= 0.6 is 0 Å². The third-order valence-corrected chi connectivity index (χ3v) is 4.66. The number of carbonyl (C=O) groups is 1. The summed E-state index contributed by atoms with van der Waals surface area (Å²) >= 11 is 0. The van der Waals surface area contributed by atoms with Gasteiger partial charge in [-0.25, -0.2) is 4.39 Å². The van der Waals surface area contributed by atoms with Gasteiger partial charge in [0.25, 0.3) is 0 Å². The number of hydrogen-bond donors (Lipinski definition) is 1. The van der Waals surface area contributed by atoms with Gasteiger partial charge in [0.05, 0.1) is 6.04 Å². The van der Waals surface area contributed by atoms with E-state index in [4.69, 9.17) is 0 Å². The first-order chi connectivity index (χ1) is 8.27. The number of nitrogens with zero attached hydrogens (tertiary/aromatic N) is 1. The predicted octanol–water partition coefficient (Wildman–Crippen LogP) is 1.62. The molecule has 0 radical (unpaired) electrons. The van der Waals surface area contributed by atoms with Gasteiger partial charge in [0.1, 0.15) is 6.17 Å². The van der Waals surface area contributed by atoms with Crippen LogP contribution < -0.4 is 5.32 Å². The lowest BCUT2D eigenvalue weighted by molar-refractivity contribution is -0.127. The number of alkyl halides is 1. The van der Waals surface area contributed by atoms with E-state index >= 15 is 0 Å². The fraction of sp³-hybridized carbons (Fsp3) is 0.923. The second-order valence-corrected chi connectivity index (χ2v) is 5.64. The molecule has 3 rings (SSSR count). The number of rotatable bonds is 3. The van der Waals surface area contributed by atoms with Gasteiger partial charge >= 0.3 is 0 Å². The third-order valence-electron chi connectivity index (χ3n) is 4.66. The number of hydrogen-bond acceptors (Lipinski definition) is 2. The van der Waals surface area contributed by atoms with E-state index in [1.165, 1.54) is 6.42 Å². The highest BCUT2D eigenvalue weighted by Crippen LogP contribution is 2.36. The molecule has 2 saturated carbocycles. The topological polar surface area (TPSA) is 32.3 Å². The Balaban J connectivity index is 1.78. The van der Waals surface area contributed by atoms with Gasteiger partial charge in [-0.1, -0.05) is 6.42 Å². The monoisotopic (exact) mass is 240 g/mol. The van der Waals surface area contributed by atoms with Crippen molar-refractivity contribution in [2.75, 3.05) is 6.54 Å². The van der Waals surface area contributed by atoms with Crippen molar-refractivity contribution >= 4 is 5.91 Å². The molecule has 1 saturated heterocycles. The maximum Gasteiger partial charge on any atom is 0.237 e. The van der Waals surface area contributed by atoms with Crippen LogP contribution in [0.25, 0.3) is 0 Å². The molecule has 3 atom stereocenters. The summed E-state index contributed by atoms with van der Waals surface area (Å²) in [5.74, 6) is 0.121. The zero-order valence-corrected chi connectivity index (χ0v) is 10.2. The standard InChI is InChI=1S/C13H21FN2O/c14-10-5-2-6-11(10)16(9-3-1-4-9)12-7-8-15-13(12)17/h9-12H,1-8H2,(H,15,17)/t10-,11-,12?/m1/s1. The van der Waals surface area contributed by atoms with Gasteiger partial charge in [0, 0.05) is 18.6 Å². The summed E-state index contributed by atoms with van der Waals surface area (Å²) in [5, 5.41) is 2.89. The first-order valence-corrected chi connectivity index (χ1v) is 6.96. The SMILES string of the molecule is O=C1NCCC1N(C1CCC1)[C@@H]1CCC[C@H]1F. The van der Waals surface area contributed by atoms with E-state index in [1.54, 1.807) is 0 Å². The maximum absolute atomic E-state index is 14.0. The van der Waals surface area contributed by atoms with Crippen LogP contribution in [0, 0.1) is 0 Å². The summed E-state index contributed by atoms with van der Waals surface area (Å²) in [6, 6.07) is 0.418. The average molecular weight is 240 g/mol. The number of carbonyl (C=O) groups excluding carboxylic acids is 1. The Kier molecular flexibility index (Phi) is 3.07. The molecule has 1 heterocycles. The maximum atomic E-state index is 14.0. The second kappa shape index (κ2) is 4.56. The summed E-state index contributed by atoms with van der Waals surface area (Å²) in [7, 11) is 0. The van der Waals surface area contributed by atoms with Crippen molar-refractivity contribution in [2.24, 2.45) is 0 Å². The highest BCUT2D eigenvalue weighted by Gasteiger charge is 2.44. The van der Waals surface area contributed by atoms with Crippen LogP contribution in [0.1, 0.15) is 44.9 Å². The lowest BCUT2D eigenvalue weighted by Gasteiger charge is -2.44. The van der Waals surface area contributed by atoms with E-state index < -0.39 is 6.17 Å². The van der Waals surface area contributed by atoms with Gasteiger partial charge in [-0.2, -0.15) is 0 Å². The molecular formula is C13H21FN2O. The summed E-state index contributed by atoms with van der Waals surface area (Å²) in [5.41, 5.74) is 0. The molecule has 3 nitrogen and oxygen atoms in total. The Hall–Kier alpha value is -0.640. The fourth-order valence-electron chi connectivity index (χ4n) is 3.54. The lowest BCUT2D eigenvalue weighted by Crippen LogP contribution is -2.56. The van der Waals surface area contributed by atoms with Crippen molar-refractivity contribution in [1.82, 2.24) is 10.2 Å². The highest BCUT2D eigenvalue weighted by atomic mass is 19.1. The van der Waals surface area contributed by atoms with Gasteiger partial charge in [-0.15, -0.1) is 0 Å². The molecule has 0 aromatic heterocycles. The Labute approximate surface area is 102 Å². The van der Waals surface area contributed by atoms with E-state index in [-0.39, 0.29) is 18.0 Å². The van der Waals surface area contributed by atoms with E-state index in [0.717, 1.165) is 38.6 Å². The quantitative estimate of drug-likeness (QED) is 0.813. The Morgan fingerprint density at radius 1 is 1.12 bits per heavy atom. The summed E-state index contributed by atoms with van der Waals surface area (Å²) < 4.78 is 14.0. The van der Waals surface area contributed by atoms with Crippen molar-refractivity contribution in [3.8, 4) is 0 Å². The third kappa shape index (κ3) is 1.96. The van der Waals surface area contributed by atoms with E-state index in [9.17, 15) is 9.18 Å². The number of amides is 1. The van der Waals surface area contributed by atoms with Crippen molar-refractivity contribution in [1.29, 1.82) is 0 Å². The molecule has 0 aromatic rings. The molecule has 3 fully saturated rings. The molecule has 1 aliphatic heterocycles. The summed E-state index contributed by atoms with van der Waals surface area (Å²) in [4.78, 5) is 14.1. The van der Waals surface area contributed by atoms with Gasteiger partial charge in [0.15, 0.2) is 0 Å². The Morgan fingerprint density at radius 3 is 2.35 bits per heavy atom. The van der Waals surface area contributed by atoms with Gasteiger partial charge in [-0.05, 0) is 38.5 Å².